The lowest BCUT2D eigenvalue weighted by molar-refractivity contribution is -0.274. The molecule has 1 amide bonds. The molecule has 0 saturated carbocycles. The van der Waals surface area contributed by atoms with Gasteiger partial charge in [0, 0.05) is 21.7 Å². The molecule has 178 valence electrons. The summed E-state index contributed by atoms with van der Waals surface area (Å²) < 4.78 is 40.9. The van der Waals surface area contributed by atoms with Gasteiger partial charge < -0.3 is 20.5 Å². The van der Waals surface area contributed by atoms with Crippen molar-refractivity contribution >= 4 is 39.7 Å². The summed E-state index contributed by atoms with van der Waals surface area (Å²) in [6, 6.07) is 12.3. The van der Waals surface area contributed by atoms with Gasteiger partial charge in [0.05, 0.1) is 5.56 Å². The number of aliphatic carboxylic acids is 1. The first kappa shape index (κ1) is 24.8. The topological polar surface area (TPSA) is 105 Å². The molecule has 0 aliphatic rings. The highest BCUT2D eigenvalue weighted by molar-refractivity contribution is 7.16. The number of carbonyl (C=O) groups excluding carboxylic acids is 2. The van der Waals surface area contributed by atoms with Crippen LogP contribution in [0.25, 0.3) is 0 Å². The van der Waals surface area contributed by atoms with Gasteiger partial charge in [0.2, 0.25) is 0 Å². The molecule has 0 aliphatic carbocycles. The maximum Gasteiger partial charge on any atom is 0.573 e. The van der Waals surface area contributed by atoms with E-state index < -0.39 is 29.8 Å². The maximum absolute atomic E-state index is 13.0. The second kappa shape index (κ2) is 10.4. The number of hydrogen-bond donors (Lipinski definition) is 3. The fraction of sp³-hybridized carbons (Fsp3) is 0.174. The van der Waals surface area contributed by atoms with Crippen molar-refractivity contribution in [3.05, 3.63) is 76.2 Å². The highest BCUT2D eigenvalue weighted by Gasteiger charge is 2.31. The fourth-order valence-corrected chi connectivity index (χ4v) is 3.92. The lowest BCUT2D eigenvalue weighted by Gasteiger charge is -2.10. The molecule has 0 saturated heterocycles. The normalized spacial score (nSPS) is 11.1. The number of amides is 1. The lowest BCUT2D eigenvalue weighted by Crippen LogP contribution is -2.17. The third kappa shape index (κ3) is 6.58. The zero-order chi connectivity index (χ0) is 24.9. The Morgan fingerprint density at radius 1 is 1.00 bits per heavy atom. The second-order valence-corrected chi connectivity index (χ2v) is 8.13. The summed E-state index contributed by atoms with van der Waals surface area (Å²) >= 11 is 1.23. The van der Waals surface area contributed by atoms with E-state index >= 15 is 0 Å². The molecule has 1 aromatic heterocycles. The van der Waals surface area contributed by atoms with Gasteiger partial charge in [-0.25, -0.2) is 0 Å². The van der Waals surface area contributed by atoms with Gasteiger partial charge in [0.25, 0.3) is 5.91 Å². The number of hydrogen-bond acceptors (Lipinski definition) is 6. The zero-order valence-corrected chi connectivity index (χ0v) is 18.5. The third-order valence-electron chi connectivity index (χ3n) is 4.54. The fourth-order valence-electron chi connectivity index (χ4n) is 2.93. The number of ether oxygens (including phenoxy) is 1. The molecule has 0 radical (unpaired) electrons. The van der Waals surface area contributed by atoms with Crippen LogP contribution in [0.3, 0.4) is 0 Å². The van der Waals surface area contributed by atoms with Gasteiger partial charge >= 0.3 is 12.3 Å². The van der Waals surface area contributed by atoms with Gasteiger partial charge in [-0.15, -0.1) is 24.5 Å². The molecular formula is C23H19F3N2O5S. The minimum atomic E-state index is -4.84. The van der Waals surface area contributed by atoms with Crippen molar-refractivity contribution in [2.75, 3.05) is 17.2 Å². The Morgan fingerprint density at radius 2 is 1.62 bits per heavy atom. The Hall–Kier alpha value is -3.86. The Kier molecular flexibility index (Phi) is 7.57. The van der Waals surface area contributed by atoms with Crippen LogP contribution in [0.1, 0.15) is 38.1 Å². The van der Waals surface area contributed by atoms with Gasteiger partial charge in [-0.1, -0.05) is 6.92 Å². The van der Waals surface area contributed by atoms with Gasteiger partial charge in [0.1, 0.15) is 17.3 Å². The van der Waals surface area contributed by atoms with Gasteiger partial charge in [-0.2, -0.15) is 0 Å². The number of alkyl halides is 3. The number of rotatable bonds is 9. The van der Waals surface area contributed by atoms with Crippen LogP contribution in [0.4, 0.5) is 23.9 Å². The van der Waals surface area contributed by atoms with Crippen LogP contribution in [-0.2, 0) is 11.2 Å². The van der Waals surface area contributed by atoms with Crippen LogP contribution < -0.4 is 15.4 Å². The van der Waals surface area contributed by atoms with Gasteiger partial charge in [-0.3, -0.25) is 14.4 Å². The van der Waals surface area contributed by atoms with E-state index in [1.165, 1.54) is 35.6 Å². The highest BCUT2D eigenvalue weighted by Crippen LogP contribution is 2.32. The Bertz CT molecular complexity index is 1190. The summed E-state index contributed by atoms with van der Waals surface area (Å²) in [5.41, 5.74) is 1.18. The van der Waals surface area contributed by atoms with E-state index in [1.807, 2.05) is 6.92 Å². The number of aryl methyl sites for hydroxylation is 1. The number of benzene rings is 2. The molecule has 0 unspecified atom stereocenters. The van der Waals surface area contributed by atoms with Crippen molar-refractivity contribution in [3.63, 3.8) is 0 Å². The number of thiophene rings is 1. The monoisotopic (exact) mass is 492 g/mol. The Morgan fingerprint density at radius 3 is 2.18 bits per heavy atom. The average molecular weight is 492 g/mol. The smallest absolute Gasteiger partial charge is 0.480 e. The Balaban J connectivity index is 1.77. The molecule has 0 spiro atoms. The van der Waals surface area contributed by atoms with Crippen molar-refractivity contribution < 1.29 is 37.4 Å². The molecular weight excluding hydrogens is 473 g/mol. The lowest BCUT2D eigenvalue weighted by atomic mass is 10.0. The SMILES string of the molecule is CCc1cc(C(=O)c2ccc(OC(F)(F)F)cc2)c(NC(=O)c2ccc(NCC(=O)O)cc2)s1. The molecule has 11 heteroatoms. The molecule has 3 aromatic rings. The van der Waals surface area contributed by atoms with E-state index in [1.54, 1.807) is 18.2 Å². The van der Waals surface area contributed by atoms with Crippen molar-refractivity contribution in [1.29, 1.82) is 0 Å². The summed E-state index contributed by atoms with van der Waals surface area (Å²) in [6.45, 7) is 1.62. The number of carboxylic acids is 1. The number of carboxylic acid groups (broad SMARTS) is 1. The second-order valence-electron chi connectivity index (χ2n) is 6.99. The van der Waals surface area contributed by atoms with Gasteiger partial charge in [-0.05, 0) is 61.0 Å². The molecule has 7 nitrogen and oxygen atoms in total. The van der Waals surface area contributed by atoms with Crippen LogP contribution in [-0.4, -0.2) is 35.7 Å². The van der Waals surface area contributed by atoms with E-state index in [2.05, 4.69) is 15.4 Å². The number of carbonyl (C=O) groups is 3. The predicted molar refractivity (Wildman–Crippen MR) is 121 cm³/mol. The molecule has 0 aliphatic heterocycles. The minimum Gasteiger partial charge on any atom is -0.480 e. The van der Waals surface area contributed by atoms with E-state index in [0.717, 1.165) is 17.0 Å². The predicted octanol–water partition coefficient (Wildman–Crippen LogP) is 5.19. The molecule has 0 atom stereocenters. The van der Waals surface area contributed by atoms with Crippen molar-refractivity contribution in [1.82, 2.24) is 0 Å². The molecule has 2 aromatic carbocycles. The first-order chi connectivity index (χ1) is 16.1. The van der Waals surface area contributed by atoms with Crippen LogP contribution in [0.5, 0.6) is 5.75 Å². The van der Waals surface area contributed by atoms with Crippen LogP contribution in [0, 0.1) is 0 Å². The number of halogens is 3. The van der Waals surface area contributed by atoms with Crippen LogP contribution >= 0.6 is 11.3 Å². The molecule has 34 heavy (non-hydrogen) atoms. The van der Waals surface area contributed by atoms with Crippen LogP contribution in [0.15, 0.2) is 54.6 Å². The first-order valence-electron chi connectivity index (χ1n) is 9.96. The standard InChI is InChI=1S/C23H19F3N2O5S/c1-2-17-11-18(20(31)13-5-9-16(10-6-13)33-23(24,25)26)22(34-17)28-21(32)14-3-7-15(8-4-14)27-12-19(29)30/h3-11,27H,2,12H2,1H3,(H,28,32)(H,29,30). The number of ketones is 1. The average Bonchev–Trinajstić information content (AvgIpc) is 3.19. The van der Waals surface area contributed by atoms with E-state index in [9.17, 15) is 27.6 Å². The molecule has 3 rings (SSSR count). The molecule has 3 N–H and O–H groups in total. The maximum atomic E-state index is 13.0. The van der Waals surface area contributed by atoms with E-state index in [0.29, 0.717) is 22.7 Å². The first-order valence-corrected chi connectivity index (χ1v) is 10.8. The van der Waals surface area contributed by atoms with Crippen LogP contribution in [0.2, 0.25) is 0 Å². The number of nitrogens with one attached hydrogen (secondary N) is 2. The third-order valence-corrected chi connectivity index (χ3v) is 5.74. The van der Waals surface area contributed by atoms with E-state index in [4.69, 9.17) is 5.11 Å². The quantitative estimate of drug-likeness (QED) is 0.355. The summed E-state index contributed by atoms with van der Waals surface area (Å²) in [5.74, 6) is -2.40. The molecule has 0 fully saturated rings. The summed E-state index contributed by atoms with van der Waals surface area (Å²) in [5, 5.41) is 14.4. The number of anilines is 2. The van der Waals surface area contributed by atoms with Crippen molar-refractivity contribution in [2.45, 2.75) is 19.7 Å². The molecule has 1 heterocycles. The largest absolute Gasteiger partial charge is 0.573 e. The van der Waals surface area contributed by atoms with Crippen molar-refractivity contribution in [2.24, 2.45) is 0 Å². The van der Waals surface area contributed by atoms with E-state index in [-0.39, 0.29) is 17.7 Å². The summed E-state index contributed by atoms with van der Waals surface area (Å²) in [4.78, 5) is 37.2. The zero-order valence-electron chi connectivity index (χ0n) is 17.7. The minimum absolute atomic E-state index is 0.138. The summed E-state index contributed by atoms with van der Waals surface area (Å²) in [7, 11) is 0. The van der Waals surface area contributed by atoms with Crippen molar-refractivity contribution in [3.8, 4) is 5.75 Å². The van der Waals surface area contributed by atoms with Gasteiger partial charge in [0.15, 0.2) is 5.78 Å². The summed E-state index contributed by atoms with van der Waals surface area (Å²) in [6.07, 6.45) is -4.22. The molecule has 0 bridgehead atoms. The highest BCUT2D eigenvalue weighted by atomic mass is 32.1. The Labute approximate surface area is 196 Å².